The van der Waals surface area contributed by atoms with Crippen LogP contribution in [0, 0.1) is 0 Å². The van der Waals surface area contributed by atoms with Crippen molar-refractivity contribution in [3.63, 3.8) is 0 Å². The van der Waals surface area contributed by atoms with Crippen molar-refractivity contribution in [3.8, 4) is 0 Å². The standard InChI is InChI=1S/C9H6N2O/c1-2-4-7-6(3-1)9-8(12-7)5-10-11-9/h1-5H,(H,10,11). The fourth-order valence-corrected chi connectivity index (χ4v) is 1.42. The molecule has 58 valence electrons. The largest absolute Gasteiger partial charge is 0.453 e. The average molecular weight is 158 g/mol. The third kappa shape index (κ3) is 0.580. The molecule has 0 atom stereocenters. The van der Waals surface area contributed by atoms with Gasteiger partial charge in [-0.15, -0.1) is 0 Å². The van der Waals surface area contributed by atoms with E-state index in [4.69, 9.17) is 4.42 Å². The van der Waals surface area contributed by atoms with Gasteiger partial charge in [0.15, 0.2) is 5.58 Å². The van der Waals surface area contributed by atoms with Crippen LogP contribution in [0.1, 0.15) is 0 Å². The van der Waals surface area contributed by atoms with Gasteiger partial charge < -0.3 is 4.42 Å². The molecule has 2 heterocycles. The molecule has 3 heteroatoms. The predicted molar refractivity (Wildman–Crippen MR) is 45.9 cm³/mol. The molecule has 1 aromatic carbocycles. The highest BCUT2D eigenvalue weighted by Crippen LogP contribution is 2.25. The molecule has 0 aliphatic carbocycles. The van der Waals surface area contributed by atoms with Gasteiger partial charge in [-0.1, -0.05) is 12.1 Å². The van der Waals surface area contributed by atoms with Gasteiger partial charge in [-0.25, -0.2) is 0 Å². The Morgan fingerprint density at radius 3 is 3.08 bits per heavy atom. The lowest BCUT2D eigenvalue weighted by Crippen LogP contribution is -1.66. The van der Waals surface area contributed by atoms with Crippen LogP contribution in [0.15, 0.2) is 34.9 Å². The van der Waals surface area contributed by atoms with Crippen molar-refractivity contribution >= 4 is 22.1 Å². The van der Waals surface area contributed by atoms with Crippen LogP contribution in [0.25, 0.3) is 22.1 Å². The van der Waals surface area contributed by atoms with Gasteiger partial charge in [0.2, 0.25) is 0 Å². The highest BCUT2D eigenvalue weighted by Gasteiger charge is 2.06. The molecule has 0 saturated carbocycles. The molecular weight excluding hydrogens is 152 g/mol. The third-order valence-corrected chi connectivity index (χ3v) is 1.97. The van der Waals surface area contributed by atoms with Crippen LogP contribution >= 0.6 is 0 Å². The molecule has 0 bridgehead atoms. The minimum absolute atomic E-state index is 0.816. The molecule has 0 spiro atoms. The van der Waals surface area contributed by atoms with E-state index in [-0.39, 0.29) is 0 Å². The first-order valence-corrected chi connectivity index (χ1v) is 3.76. The second-order valence-corrected chi connectivity index (χ2v) is 2.70. The maximum atomic E-state index is 5.50. The van der Waals surface area contributed by atoms with E-state index in [0.29, 0.717) is 0 Å². The summed E-state index contributed by atoms with van der Waals surface area (Å²) in [4.78, 5) is 0. The summed E-state index contributed by atoms with van der Waals surface area (Å²) in [7, 11) is 0. The zero-order valence-electron chi connectivity index (χ0n) is 6.24. The number of rotatable bonds is 0. The second kappa shape index (κ2) is 1.88. The van der Waals surface area contributed by atoms with Crippen LogP contribution in [0.3, 0.4) is 0 Å². The number of hydrogen-bond donors (Lipinski definition) is 1. The molecule has 3 nitrogen and oxygen atoms in total. The van der Waals surface area contributed by atoms with Crippen LogP contribution in [-0.4, -0.2) is 10.2 Å². The fourth-order valence-electron chi connectivity index (χ4n) is 1.42. The van der Waals surface area contributed by atoms with Crippen molar-refractivity contribution in [3.05, 3.63) is 30.5 Å². The van der Waals surface area contributed by atoms with Crippen LogP contribution in [-0.2, 0) is 0 Å². The number of furan rings is 1. The van der Waals surface area contributed by atoms with Gasteiger partial charge >= 0.3 is 0 Å². The first kappa shape index (κ1) is 5.83. The number of fused-ring (bicyclic) bond motifs is 3. The monoisotopic (exact) mass is 158 g/mol. The highest BCUT2D eigenvalue weighted by atomic mass is 16.3. The van der Waals surface area contributed by atoms with Gasteiger partial charge in [0.05, 0.1) is 6.20 Å². The summed E-state index contributed by atoms with van der Waals surface area (Å²) in [5.41, 5.74) is 2.62. The van der Waals surface area contributed by atoms with E-state index in [1.807, 2.05) is 24.3 Å². The number of hydrogen-bond acceptors (Lipinski definition) is 2. The van der Waals surface area contributed by atoms with Gasteiger partial charge in [-0.2, -0.15) is 5.10 Å². The molecule has 0 unspecified atom stereocenters. The Bertz CT molecular complexity index is 534. The predicted octanol–water partition coefficient (Wildman–Crippen LogP) is 2.31. The van der Waals surface area contributed by atoms with Crippen molar-refractivity contribution in [1.29, 1.82) is 0 Å². The molecule has 3 aromatic rings. The van der Waals surface area contributed by atoms with E-state index >= 15 is 0 Å². The van der Waals surface area contributed by atoms with Crippen molar-refractivity contribution in [2.75, 3.05) is 0 Å². The van der Waals surface area contributed by atoms with Gasteiger partial charge in [-0.05, 0) is 12.1 Å². The minimum Gasteiger partial charge on any atom is -0.453 e. The quantitative estimate of drug-likeness (QED) is 0.545. The zero-order valence-corrected chi connectivity index (χ0v) is 6.24. The summed E-state index contributed by atoms with van der Waals surface area (Å²) in [5, 5.41) is 7.92. The number of benzene rings is 1. The lowest BCUT2D eigenvalue weighted by atomic mass is 10.2. The molecule has 0 aliphatic rings. The summed E-state index contributed by atoms with van der Waals surface area (Å²) in [6.45, 7) is 0. The normalized spacial score (nSPS) is 11.3. The molecule has 0 radical (unpaired) electrons. The molecule has 0 fully saturated rings. The van der Waals surface area contributed by atoms with Crippen molar-refractivity contribution in [1.82, 2.24) is 10.2 Å². The van der Waals surface area contributed by atoms with E-state index in [1.165, 1.54) is 0 Å². The van der Waals surface area contributed by atoms with Gasteiger partial charge in [0, 0.05) is 5.39 Å². The third-order valence-electron chi connectivity index (χ3n) is 1.97. The van der Waals surface area contributed by atoms with Gasteiger partial charge in [0.1, 0.15) is 11.1 Å². The number of aromatic nitrogens is 2. The first-order valence-electron chi connectivity index (χ1n) is 3.76. The summed E-state index contributed by atoms with van der Waals surface area (Å²) >= 11 is 0. The maximum absolute atomic E-state index is 5.50. The molecular formula is C9H6N2O. The summed E-state index contributed by atoms with van der Waals surface area (Å²) in [6.07, 6.45) is 1.76. The van der Waals surface area contributed by atoms with Crippen molar-refractivity contribution in [2.24, 2.45) is 0 Å². The molecule has 2 aromatic heterocycles. The zero-order chi connectivity index (χ0) is 7.97. The minimum atomic E-state index is 0.816. The Kier molecular flexibility index (Phi) is 0.913. The second-order valence-electron chi connectivity index (χ2n) is 2.70. The number of nitrogens with zero attached hydrogens (tertiary/aromatic N) is 1. The Hall–Kier alpha value is -1.77. The van der Waals surface area contributed by atoms with E-state index in [2.05, 4.69) is 10.2 Å². The maximum Gasteiger partial charge on any atom is 0.173 e. The number of para-hydroxylation sites is 1. The molecule has 0 saturated heterocycles. The number of nitrogens with one attached hydrogen (secondary N) is 1. The van der Waals surface area contributed by atoms with Crippen LogP contribution < -0.4 is 0 Å². The lowest BCUT2D eigenvalue weighted by molar-refractivity contribution is 0.668. The van der Waals surface area contributed by atoms with Crippen LogP contribution in [0.4, 0.5) is 0 Å². The number of aromatic amines is 1. The smallest absolute Gasteiger partial charge is 0.173 e. The van der Waals surface area contributed by atoms with E-state index < -0.39 is 0 Å². The highest BCUT2D eigenvalue weighted by molar-refractivity contribution is 6.01. The molecule has 1 N–H and O–H groups in total. The lowest BCUT2D eigenvalue weighted by Gasteiger charge is -1.83. The van der Waals surface area contributed by atoms with Gasteiger partial charge in [-0.3, -0.25) is 5.10 Å². The first-order chi connectivity index (χ1) is 5.95. The van der Waals surface area contributed by atoms with E-state index in [9.17, 15) is 0 Å². The van der Waals surface area contributed by atoms with Crippen LogP contribution in [0.2, 0.25) is 0 Å². The van der Waals surface area contributed by atoms with E-state index in [0.717, 1.165) is 22.1 Å². The molecule has 12 heavy (non-hydrogen) atoms. The summed E-state index contributed by atoms with van der Waals surface area (Å²) in [5.74, 6) is 0. The topological polar surface area (TPSA) is 41.8 Å². The van der Waals surface area contributed by atoms with Gasteiger partial charge in [0.25, 0.3) is 0 Å². The Morgan fingerprint density at radius 2 is 2.08 bits per heavy atom. The molecule has 3 rings (SSSR count). The fraction of sp³-hybridized carbons (Fsp3) is 0. The Morgan fingerprint density at radius 1 is 1.17 bits per heavy atom. The Balaban J connectivity index is 2.68. The van der Waals surface area contributed by atoms with Crippen molar-refractivity contribution in [2.45, 2.75) is 0 Å². The van der Waals surface area contributed by atoms with E-state index in [1.54, 1.807) is 6.20 Å². The SMILES string of the molecule is c1ccc2c(c1)oc1c[nH]nc12. The number of H-pyrrole nitrogens is 1. The summed E-state index contributed by atoms with van der Waals surface area (Å²) < 4.78 is 5.50. The molecule has 0 aliphatic heterocycles. The van der Waals surface area contributed by atoms with Crippen molar-refractivity contribution < 1.29 is 4.42 Å². The molecule has 0 amide bonds. The summed E-state index contributed by atoms with van der Waals surface area (Å²) in [6, 6.07) is 7.87. The van der Waals surface area contributed by atoms with Crippen LogP contribution in [0.5, 0.6) is 0 Å². The Labute approximate surface area is 68.0 Å². The average Bonchev–Trinajstić information content (AvgIpc) is 2.62.